The van der Waals surface area contributed by atoms with E-state index in [9.17, 15) is 9.59 Å². The van der Waals surface area contributed by atoms with Crippen LogP contribution < -0.4 is 4.90 Å². The molecule has 35 heavy (non-hydrogen) atoms. The molecular weight excluding hydrogens is 452 g/mol. The van der Waals surface area contributed by atoms with Gasteiger partial charge in [-0.05, 0) is 36.4 Å². The molecule has 176 valence electrons. The molecular formula is C24H20N6O5. The minimum Gasteiger partial charge on any atom is -0.466 e. The Morgan fingerprint density at radius 3 is 2.51 bits per heavy atom. The van der Waals surface area contributed by atoms with Gasteiger partial charge in [0.1, 0.15) is 12.4 Å². The molecule has 4 heterocycles. The maximum absolute atomic E-state index is 12.6. The van der Waals surface area contributed by atoms with Gasteiger partial charge in [-0.2, -0.15) is 9.61 Å². The number of hydrogen-bond acceptors (Lipinski definition) is 10. The molecule has 0 aliphatic carbocycles. The average molecular weight is 472 g/mol. The van der Waals surface area contributed by atoms with E-state index in [1.54, 1.807) is 27.9 Å². The van der Waals surface area contributed by atoms with Crippen molar-refractivity contribution in [2.75, 3.05) is 32.5 Å². The highest BCUT2D eigenvalue weighted by atomic mass is 16.5. The minimum atomic E-state index is -0.662. The molecule has 0 spiro atoms. The minimum absolute atomic E-state index is 0.0540. The van der Waals surface area contributed by atoms with Crippen LogP contribution in [-0.4, -0.2) is 64.3 Å². The highest BCUT2D eigenvalue weighted by Crippen LogP contribution is 2.30. The zero-order chi connectivity index (χ0) is 24.4. The summed E-state index contributed by atoms with van der Waals surface area (Å²) >= 11 is 0. The first-order chi connectivity index (χ1) is 17.1. The Morgan fingerprint density at radius 1 is 0.943 bits per heavy atom. The first kappa shape index (κ1) is 22.2. The molecule has 1 aliphatic heterocycles. The van der Waals surface area contributed by atoms with E-state index in [-0.39, 0.29) is 24.6 Å². The van der Waals surface area contributed by atoms with E-state index in [1.807, 2.05) is 42.5 Å². The normalized spacial score (nSPS) is 13.7. The Balaban J connectivity index is 1.57. The van der Waals surface area contributed by atoms with Crippen LogP contribution in [-0.2, 0) is 23.8 Å². The Bertz CT molecular complexity index is 1450. The first-order valence-corrected chi connectivity index (χ1v) is 10.6. The molecule has 1 aromatic carbocycles. The number of carbonyl (C=O) groups is 2. The molecule has 11 heteroatoms. The standard InChI is InChI=1S/C24H20N6O5/c1-33-23(31)18-13-35-14-29(21(18)24(32)34-2)17-5-3-4-16(12-17)19-6-7-20-26-27-22(30(20)28-19)15-8-10-25-11-9-15/h3-12H,13-14H2,1-2H3. The second-order valence-electron chi connectivity index (χ2n) is 7.51. The number of nitrogens with zero attached hydrogens (tertiary/aromatic N) is 6. The van der Waals surface area contributed by atoms with Gasteiger partial charge in [0.05, 0.1) is 32.1 Å². The van der Waals surface area contributed by atoms with E-state index in [1.165, 1.54) is 14.2 Å². The molecule has 0 radical (unpaired) electrons. The second-order valence-corrected chi connectivity index (χ2v) is 7.51. The zero-order valence-electron chi connectivity index (χ0n) is 18.9. The number of hydrogen-bond donors (Lipinski definition) is 0. The fourth-order valence-corrected chi connectivity index (χ4v) is 3.80. The summed E-state index contributed by atoms with van der Waals surface area (Å²) in [6.07, 6.45) is 3.36. The number of rotatable bonds is 5. The number of anilines is 1. The van der Waals surface area contributed by atoms with Gasteiger partial charge in [-0.3, -0.25) is 4.98 Å². The van der Waals surface area contributed by atoms with Gasteiger partial charge in [0.25, 0.3) is 0 Å². The van der Waals surface area contributed by atoms with E-state index in [2.05, 4.69) is 15.2 Å². The van der Waals surface area contributed by atoms with Crippen molar-refractivity contribution in [1.29, 1.82) is 0 Å². The number of pyridine rings is 1. The van der Waals surface area contributed by atoms with Crippen LogP contribution in [0.25, 0.3) is 28.3 Å². The van der Waals surface area contributed by atoms with Gasteiger partial charge < -0.3 is 19.1 Å². The lowest BCUT2D eigenvalue weighted by molar-refractivity contribution is -0.140. The summed E-state index contributed by atoms with van der Waals surface area (Å²) in [6, 6.07) is 14.7. The smallest absolute Gasteiger partial charge is 0.355 e. The average Bonchev–Trinajstić information content (AvgIpc) is 3.35. The summed E-state index contributed by atoms with van der Waals surface area (Å²) in [5.41, 5.74) is 3.63. The summed E-state index contributed by atoms with van der Waals surface area (Å²) in [4.78, 5) is 30.5. The molecule has 5 rings (SSSR count). The summed E-state index contributed by atoms with van der Waals surface area (Å²) in [6.45, 7) is -0.00455. The van der Waals surface area contributed by atoms with Crippen molar-refractivity contribution >= 4 is 23.3 Å². The molecule has 0 unspecified atom stereocenters. The number of benzene rings is 1. The summed E-state index contributed by atoms with van der Waals surface area (Å²) in [5, 5.41) is 13.2. The van der Waals surface area contributed by atoms with Crippen LogP contribution in [0, 0.1) is 0 Å². The van der Waals surface area contributed by atoms with E-state index < -0.39 is 11.9 Å². The van der Waals surface area contributed by atoms with E-state index in [4.69, 9.17) is 19.3 Å². The second kappa shape index (κ2) is 9.31. The lowest BCUT2D eigenvalue weighted by atomic mass is 10.1. The fourth-order valence-electron chi connectivity index (χ4n) is 3.80. The molecule has 0 amide bonds. The lowest BCUT2D eigenvalue weighted by Crippen LogP contribution is -2.38. The van der Waals surface area contributed by atoms with Crippen LogP contribution >= 0.6 is 0 Å². The maximum atomic E-state index is 12.6. The molecule has 0 saturated carbocycles. The highest BCUT2D eigenvalue weighted by molar-refractivity contribution is 6.03. The third-order valence-corrected chi connectivity index (χ3v) is 5.49. The van der Waals surface area contributed by atoms with Crippen LogP contribution in [0.1, 0.15) is 0 Å². The van der Waals surface area contributed by atoms with Crippen molar-refractivity contribution in [1.82, 2.24) is 24.8 Å². The number of aromatic nitrogens is 5. The number of fused-ring (bicyclic) bond motifs is 1. The van der Waals surface area contributed by atoms with Gasteiger partial charge >= 0.3 is 11.9 Å². The van der Waals surface area contributed by atoms with Crippen molar-refractivity contribution in [2.24, 2.45) is 0 Å². The van der Waals surface area contributed by atoms with Crippen molar-refractivity contribution in [3.63, 3.8) is 0 Å². The number of ether oxygens (including phenoxy) is 3. The molecule has 0 bridgehead atoms. The largest absolute Gasteiger partial charge is 0.466 e. The lowest BCUT2D eigenvalue weighted by Gasteiger charge is -2.31. The molecule has 3 aromatic heterocycles. The Kier molecular flexibility index (Phi) is 5.90. The van der Waals surface area contributed by atoms with Gasteiger partial charge in [0.15, 0.2) is 11.5 Å². The van der Waals surface area contributed by atoms with Crippen molar-refractivity contribution in [3.8, 4) is 22.6 Å². The Labute approximate surface area is 199 Å². The Hall–Kier alpha value is -4.64. The van der Waals surface area contributed by atoms with E-state index in [0.29, 0.717) is 22.9 Å². The fraction of sp³-hybridized carbons (Fsp3) is 0.167. The van der Waals surface area contributed by atoms with Crippen molar-refractivity contribution in [3.05, 3.63) is 72.2 Å². The summed E-state index contributed by atoms with van der Waals surface area (Å²) in [5.74, 6) is -0.733. The van der Waals surface area contributed by atoms with Crippen LogP contribution in [0.2, 0.25) is 0 Å². The number of methoxy groups -OCH3 is 2. The first-order valence-electron chi connectivity index (χ1n) is 10.6. The number of esters is 2. The quantitative estimate of drug-likeness (QED) is 0.400. The summed E-state index contributed by atoms with van der Waals surface area (Å²) in [7, 11) is 2.50. The van der Waals surface area contributed by atoms with E-state index in [0.717, 1.165) is 11.1 Å². The highest BCUT2D eigenvalue weighted by Gasteiger charge is 2.32. The molecule has 0 saturated heterocycles. The van der Waals surface area contributed by atoms with Gasteiger partial charge in [0, 0.05) is 29.2 Å². The predicted octanol–water partition coefficient (Wildman–Crippen LogP) is 2.25. The maximum Gasteiger partial charge on any atom is 0.355 e. The number of carbonyl (C=O) groups excluding carboxylic acids is 2. The Morgan fingerprint density at radius 2 is 1.74 bits per heavy atom. The van der Waals surface area contributed by atoms with Crippen LogP contribution in [0.5, 0.6) is 0 Å². The molecule has 0 fully saturated rings. The zero-order valence-corrected chi connectivity index (χ0v) is 18.9. The van der Waals surface area contributed by atoms with Crippen molar-refractivity contribution < 1.29 is 23.8 Å². The SMILES string of the molecule is COC(=O)C1=C(C(=O)OC)N(c2cccc(-c3ccc4nnc(-c5ccncc5)n4n3)c2)COC1. The molecule has 0 N–H and O–H groups in total. The third kappa shape index (κ3) is 4.08. The molecule has 11 nitrogen and oxygen atoms in total. The third-order valence-electron chi connectivity index (χ3n) is 5.49. The van der Waals surface area contributed by atoms with Gasteiger partial charge in [-0.1, -0.05) is 12.1 Å². The van der Waals surface area contributed by atoms with Gasteiger partial charge in [-0.25, -0.2) is 9.59 Å². The molecule has 1 aliphatic rings. The topological polar surface area (TPSA) is 121 Å². The van der Waals surface area contributed by atoms with Crippen molar-refractivity contribution in [2.45, 2.75) is 0 Å². The van der Waals surface area contributed by atoms with Crippen LogP contribution in [0.15, 0.2) is 72.2 Å². The van der Waals surface area contributed by atoms with Crippen LogP contribution in [0.4, 0.5) is 5.69 Å². The van der Waals surface area contributed by atoms with E-state index >= 15 is 0 Å². The van der Waals surface area contributed by atoms with Gasteiger partial charge in [-0.15, -0.1) is 10.2 Å². The summed E-state index contributed by atoms with van der Waals surface area (Å²) < 4.78 is 17.0. The monoisotopic (exact) mass is 472 g/mol. The van der Waals surface area contributed by atoms with Gasteiger partial charge in [0.2, 0.25) is 0 Å². The molecule has 4 aromatic rings. The predicted molar refractivity (Wildman–Crippen MR) is 124 cm³/mol. The molecule has 0 atom stereocenters. The van der Waals surface area contributed by atoms with Crippen LogP contribution in [0.3, 0.4) is 0 Å².